The number of rotatable bonds is 1. The highest BCUT2D eigenvalue weighted by atomic mass is 16.4. The quantitative estimate of drug-likeness (QED) is 0.801. The van der Waals surface area contributed by atoms with Crippen molar-refractivity contribution in [3.63, 3.8) is 0 Å². The molecule has 0 amide bonds. The van der Waals surface area contributed by atoms with Crippen molar-refractivity contribution < 1.29 is 15.0 Å². The second-order valence-electron chi connectivity index (χ2n) is 5.60. The first-order valence-corrected chi connectivity index (χ1v) is 6.69. The van der Waals surface area contributed by atoms with Crippen LogP contribution >= 0.6 is 0 Å². The van der Waals surface area contributed by atoms with E-state index in [1.165, 1.54) is 0 Å². The van der Waals surface area contributed by atoms with E-state index in [1.807, 2.05) is 12.1 Å². The fraction of sp³-hybridized carbons (Fsp3) is 0.533. The molecule has 2 aliphatic rings. The number of carboxylic acids is 1. The monoisotopic (exact) mass is 246 g/mol. The molecule has 3 nitrogen and oxygen atoms in total. The zero-order valence-electron chi connectivity index (χ0n) is 10.4. The average Bonchev–Trinajstić information content (AvgIpc) is 2.78. The van der Waals surface area contributed by atoms with Crippen molar-refractivity contribution in [1.82, 2.24) is 0 Å². The van der Waals surface area contributed by atoms with Gasteiger partial charge in [-0.05, 0) is 37.3 Å². The van der Waals surface area contributed by atoms with Gasteiger partial charge in [-0.3, -0.25) is 4.79 Å². The number of aliphatic carboxylic acids is 1. The van der Waals surface area contributed by atoms with Gasteiger partial charge >= 0.3 is 5.97 Å². The highest BCUT2D eigenvalue weighted by Crippen LogP contribution is 2.54. The first-order chi connectivity index (χ1) is 8.65. The lowest BCUT2D eigenvalue weighted by Crippen LogP contribution is -2.41. The van der Waals surface area contributed by atoms with Crippen LogP contribution in [0.5, 0.6) is 5.75 Å². The summed E-state index contributed by atoms with van der Waals surface area (Å²) in [6, 6.07) is 5.59. The molecule has 1 atom stereocenters. The largest absolute Gasteiger partial charge is 0.508 e. The van der Waals surface area contributed by atoms with Crippen molar-refractivity contribution in [3.8, 4) is 5.75 Å². The van der Waals surface area contributed by atoms with Gasteiger partial charge in [0.25, 0.3) is 0 Å². The van der Waals surface area contributed by atoms with Gasteiger partial charge in [0.05, 0.1) is 5.92 Å². The minimum absolute atomic E-state index is 0.292. The third-order valence-electron chi connectivity index (χ3n) is 4.79. The molecule has 1 spiro atoms. The number of hydrogen-bond donors (Lipinski definition) is 2. The standard InChI is InChI=1S/C15H18O3/c16-12-5-3-4-10-6-7-11(14(17)18)15(13(10)12)8-1-2-9-15/h3-5,11,16H,1-2,6-9H2,(H,17,18). The minimum atomic E-state index is -0.703. The van der Waals surface area contributed by atoms with Crippen molar-refractivity contribution in [2.45, 2.75) is 43.9 Å². The highest BCUT2D eigenvalue weighted by Gasteiger charge is 2.50. The first kappa shape index (κ1) is 11.6. The van der Waals surface area contributed by atoms with E-state index in [0.717, 1.165) is 43.2 Å². The summed E-state index contributed by atoms with van der Waals surface area (Å²) < 4.78 is 0. The van der Waals surface area contributed by atoms with Crippen LogP contribution in [0.3, 0.4) is 0 Å². The third-order valence-corrected chi connectivity index (χ3v) is 4.79. The second kappa shape index (κ2) is 4.01. The SMILES string of the molecule is O=C(O)C1CCc2cccc(O)c2C12CCCC2. The molecule has 1 aromatic carbocycles. The Bertz CT molecular complexity index is 487. The maximum Gasteiger partial charge on any atom is 0.307 e. The number of hydrogen-bond acceptors (Lipinski definition) is 2. The molecule has 1 unspecified atom stereocenters. The van der Waals surface area contributed by atoms with Gasteiger partial charge in [-0.1, -0.05) is 25.0 Å². The van der Waals surface area contributed by atoms with E-state index in [4.69, 9.17) is 0 Å². The Hall–Kier alpha value is -1.51. The van der Waals surface area contributed by atoms with Gasteiger partial charge in [0.1, 0.15) is 5.75 Å². The maximum atomic E-state index is 11.6. The van der Waals surface area contributed by atoms with Crippen LogP contribution in [0.4, 0.5) is 0 Å². The van der Waals surface area contributed by atoms with Gasteiger partial charge < -0.3 is 10.2 Å². The summed E-state index contributed by atoms with van der Waals surface area (Å²) in [4.78, 5) is 11.6. The van der Waals surface area contributed by atoms with Crippen LogP contribution in [0, 0.1) is 5.92 Å². The average molecular weight is 246 g/mol. The molecule has 0 saturated heterocycles. The molecule has 1 aromatic rings. The zero-order valence-corrected chi connectivity index (χ0v) is 10.4. The van der Waals surface area contributed by atoms with E-state index in [0.29, 0.717) is 12.2 Å². The normalized spacial score (nSPS) is 25.0. The Balaban J connectivity index is 2.19. The van der Waals surface area contributed by atoms with Crippen LogP contribution in [-0.2, 0) is 16.6 Å². The van der Waals surface area contributed by atoms with E-state index < -0.39 is 5.97 Å². The molecular formula is C15H18O3. The number of fused-ring (bicyclic) bond motifs is 2. The zero-order chi connectivity index (χ0) is 12.8. The number of benzene rings is 1. The topological polar surface area (TPSA) is 57.5 Å². The van der Waals surface area contributed by atoms with Crippen molar-refractivity contribution in [3.05, 3.63) is 29.3 Å². The number of phenols is 1. The molecular weight excluding hydrogens is 228 g/mol. The van der Waals surface area contributed by atoms with Crippen LogP contribution in [0.1, 0.15) is 43.2 Å². The molecule has 0 heterocycles. The summed E-state index contributed by atoms with van der Waals surface area (Å²) in [5.74, 6) is -0.744. The predicted octanol–water partition coefficient (Wildman–Crippen LogP) is 2.85. The van der Waals surface area contributed by atoms with E-state index in [2.05, 4.69) is 0 Å². The predicted molar refractivity (Wildman–Crippen MR) is 67.7 cm³/mol. The molecule has 3 heteroatoms. The number of phenolic OH excluding ortho intramolecular Hbond substituents is 1. The Morgan fingerprint density at radius 3 is 2.67 bits per heavy atom. The Kier molecular flexibility index (Phi) is 2.58. The Morgan fingerprint density at radius 2 is 2.00 bits per heavy atom. The van der Waals surface area contributed by atoms with Crippen molar-refractivity contribution in [2.24, 2.45) is 5.92 Å². The number of aryl methyl sites for hydroxylation is 1. The highest BCUT2D eigenvalue weighted by molar-refractivity contribution is 5.74. The Morgan fingerprint density at radius 1 is 1.28 bits per heavy atom. The van der Waals surface area contributed by atoms with Gasteiger partial charge in [0.2, 0.25) is 0 Å². The van der Waals surface area contributed by atoms with Crippen LogP contribution in [0.25, 0.3) is 0 Å². The Labute approximate surface area is 106 Å². The van der Waals surface area contributed by atoms with E-state index in [9.17, 15) is 15.0 Å². The van der Waals surface area contributed by atoms with E-state index >= 15 is 0 Å². The van der Waals surface area contributed by atoms with Crippen LogP contribution in [-0.4, -0.2) is 16.2 Å². The van der Waals surface area contributed by atoms with Crippen LogP contribution < -0.4 is 0 Å². The summed E-state index contributed by atoms with van der Waals surface area (Å²) in [7, 11) is 0. The summed E-state index contributed by atoms with van der Waals surface area (Å²) in [5, 5.41) is 19.7. The molecule has 0 radical (unpaired) electrons. The van der Waals surface area contributed by atoms with Gasteiger partial charge in [-0.25, -0.2) is 0 Å². The van der Waals surface area contributed by atoms with Gasteiger partial charge in [-0.2, -0.15) is 0 Å². The fourth-order valence-corrected chi connectivity index (χ4v) is 4.08. The number of carbonyl (C=O) groups is 1. The lowest BCUT2D eigenvalue weighted by molar-refractivity contribution is -0.145. The molecule has 0 aliphatic heterocycles. The summed E-state index contributed by atoms with van der Waals surface area (Å²) in [6.45, 7) is 0. The van der Waals surface area contributed by atoms with Crippen LogP contribution in [0.2, 0.25) is 0 Å². The van der Waals surface area contributed by atoms with Gasteiger partial charge in [0, 0.05) is 11.0 Å². The molecule has 1 fully saturated rings. The van der Waals surface area contributed by atoms with Crippen molar-refractivity contribution >= 4 is 5.97 Å². The summed E-state index contributed by atoms with van der Waals surface area (Å²) in [6.07, 6.45) is 5.40. The lowest BCUT2D eigenvalue weighted by atomic mass is 9.62. The van der Waals surface area contributed by atoms with Crippen molar-refractivity contribution in [1.29, 1.82) is 0 Å². The fourth-order valence-electron chi connectivity index (χ4n) is 4.08. The van der Waals surface area contributed by atoms with Gasteiger partial charge in [0.15, 0.2) is 0 Å². The maximum absolute atomic E-state index is 11.6. The van der Waals surface area contributed by atoms with Gasteiger partial charge in [-0.15, -0.1) is 0 Å². The molecule has 18 heavy (non-hydrogen) atoms. The minimum Gasteiger partial charge on any atom is -0.508 e. The number of aromatic hydroxyl groups is 1. The smallest absolute Gasteiger partial charge is 0.307 e. The molecule has 3 rings (SSSR count). The molecule has 0 bridgehead atoms. The molecule has 1 saturated carbocycles. The van der Waals surface area contributed by atoms with Crippen LogP contribution in [0.15, 0.2) is 18.2 Å². The van der Waals surface area contributed by atoms with Crippen molar-refractivity contribution in [2.75, 3.05) is 0 Å². The summed E-state index contributed by atoms with van der Waals surface area (Å²) in [5.41, 5.74) is 1.76. The second-order valence-corrected chi connectivity index (χ2v) is 5.60. The van der Waals surface area contributed by atoms with E-state index in [-0.39, 0.29) is 11.3 Å². The lowest BCUT2D eigenvalue weighted by Gasteiger charge is -2.41. The molecule has 2 N–H and O–H groups in total. The molecule has 0 aromatic heterocycles. The molecule has 96 valence electrons. The number of carboxylic acid groups (broad SMARTS) is 1. The van der Waals surface area contributed by atoms with E-state index in [1.54, 1.807) is 6.07 Å². The third kappa shape index (κ3) is 1.46. The first-order valence-electron chi connectivity index (χ1n) is 6.69. The summed E-state index contributed by atoms with van der Waals surface area (Å²) >= 11 is 0. The molecule has 2 aliphatic carbocycles.